The highest BCUT2D eigenvalue weighted by atomic mass is 16.1. The Morgan fingerprint density at radius 1 is 1.60 bits per heavy atom. The molecule has 15 heavy (non-hydrogen) atoms. The molecule has 1 aromatic rings. The van der Waals surface area contributed by atoms with E-state index in [2.05, 4.69) is 10.3 Å². The predicted octanol–water partition coefficient (Wildman–Crippen LogP) is 1.19. The van der Waals surface area contributed by atoms with Crippen molar-refractivity contribution >= 4 is 11.6 Å². The largest absolute Gasteiger partial charge is 0.397 e. The van der Waals surface area contributed by atoms with Gasteiger partial charge in [0.2, 0.25) is 0 Å². The lowest BCUT2D eigenvalue weighted by Gasteiger charge is -2.05. The summed E-state index contributed by atoms with van der Waals surface area (Å²) in [4.78, 5) is 15.6. The van der Waals surface area contributed by atoms with Crippen molar-refractivity contribution in [2.24, 2.45) is 5.92 Å². The zero-order valence-corrected chi connectivity index (χ0v) is 8.57. The molecule has 0 radical (unpaired) electrons. The lowest BCUT2D eigenvalue weighted by Crippen LogP contribution is -2.26. The molecule has 1 saturated carbocycles. The number of hydrogen-bond donors (Lipinski definition) is 2. The Morgan fingerprint density at radius 3 is 3.07 bits per heavy atom. The van der Waals surface area contributed by atoms with Gasteiger partial charge in [-0.15, -0.1) is 0 Å². The Balaban J connectivity index is 1.86. The second-order valence-corrected chi connectivity index (χ2v) is 3.93. The van der Waals surface area contributed by atoms with Crippen LogP contribution in [0.3, 0.4) is 0 Å². The first kappa shape index (κ1) is 9.96. The van der Waals surface area contributed by atoms with Gasteiger partial charge in [-0.05, 0) is 24.5 Å². The van der Waals surface area contributed by atoms with Crippen LogP contribution in [-0.4, -0.2) is 17.4 Å². The minimum atomic E-state index is -0.172. The minimum absolute atomic E-state index is 0.172. The molecule has 80 valence electrons. The first-order chi connectivity index (χ1) is 7.27. The number of nitrogens with two attached hydrogens (primary N) is 1. The van der Waals surface area contributed by atoms with Crippen LogP contribution < -0.4 is 11.1 Å². The summed E-state index contributed by atoms with van der Waals surface area (Å²) < 4.78 is 0. The zero-order valence-electron chi connectivity index (χ0n) is 8.57. The zero-order chi connectivity index (χ0) is 10.7. The van der Waals surface area contributed by atoms with Gasteiger partial charge in [0.05, 0.1) is 5.69 Å². The Morgan fingerprint density at radius 2 is 2.40 bits per heavy atom. The Bertz CT molecular complexity index is 361. The second-order valence-electron chi connectivity index (χ2n) is 3.93. The highest BCUT2D eigenvalue weighted by molar-refractivity contribution is 5.96. The number of rotatable bonds is 4. The molecule has 0 saturated heterocycles. The van der Waals surface area contributed by atoms with Gasteiger partial charge in [-0.3, -0.25) is 4.79 Å². The maximum absolute atomic E-state index is 11.6. The standard InChI is InChI=1S/C11H15N3O/c12-9-2-1-6-13-10(9)11(15)14-7-5-8-3-4-8/h1-2,6,8H,3-5,7,12H2,(H,14,15). The van der Waals surface area contributed by atoms with Crippen molar-refractivity contribution in [1.29, 1.82) is 0 Å². The molecule has 0 atom stereocenters. The van der Waals surface area contributed by atoms with Crippen molar-refractivity contribution in [3.8, 4) is 0 Å². The number of nitrogen functional groups attached to an aromatic ring is 1. The molecule has 0 unspecified atom stereocenters. The van der Waals surface area contributed by atoms with Gasteiger partial charge < -0.3 is 11.1 Å². The van der Waals surface area contributed by atoms with E-state index in [1.54, 1.807) is 18.3 Å². The van der Waals surface area contributed by atoms with Crippen molar-refractivity contribution in [3.63, 3.8) is 0 Å². The van der Waals surface area contributed by atoms with Gasteiger partial charge in [0.15, 0.2) is 5.69 Å². The predicted molar refractivity (Wildman–Crippen MR) is 58.3 cm³/mol. The smallest absolute Gasteiger partial charge is 0.272 e. The van der Waals surface area contributed by atoms with E-state index in [1.807, 2.05) is 0 Å². The lowest BCUT2D eigenvalue weighted by atomic mass is 10.2. The maximum atomic E-state index is 11.6. The van der Waals surface area contributed by atoms with Crippen LogP contribution >= 0.6 is 0 Å². The number of anilines is 1. The van der Waals surface area contributed by atoms with E-state index in [1.165, 1.54) is 12.8 Å². The van der Waals surface area contributed by atoms with Crippen LogP contribution in [0.1, 0.15) is 29.8 Å². The highest BCUT2D eigenvalue weighted by Crippen LogP contribution is 2.31. The summed E-state index contributed by atoms with van der Waals surface area (Å²) in [5.74, 6) is 0.653. The number of carbonyl (C=O) groups excluding carboxylic acids is 1. The molecular weight excluding hydrogens is 190 g/mol. The van der Waals surface area contributed by atoms with Gasteiger partial charge >= 0.3 is 0 Å². The molecule has 4 nitrogen and oxygen atoms in total. The van der Waals surface area contributed by atoms with E-state index in [0.29, 0.717) is 11.4 Å². The monoisotopic (exact) mass is 205 g/mol. The lowest BCUT2D eigenvalue weighted by molar-refractivity contribution is 0.0948. The van der Waals surface area contributed by atoms with Gasteiger partial charge in [-0.25, -0.2) is 4.98 Å². The number of nitrogens with zero attached hydrogens (tertiary/aromatic N) is 1. The van der Waals surface area contributed by atoms with Gasteiger partial charge in [-0.2, -0.15) is 0 Å². The van der Waals surface area contributed by atoms with Crippen molar-refractivity contribution in [3.05, 3.63) is 24.0 Å². The molecule has 2 rings (SSSR count). The van der Waals surface area contributed by atoms with E-state index >= 15 is 0 Å². The third-order valence-electron chi connectivity index (χ3n) is 2.59. The first-order valence-electron chi connectivity index (χ1n) is 5.26. The van der Waals surface area contributed by atoms with Crippen LogP contribution in [0.5, 0.6) is 0 Å². The van der Waals surface area contributed by atoms with Gasteiger partial charge in [-0.1, -0.05) is 12.8 Å². The summed E-state index contributed by atoms with van der Waals surface area (Å²) in [6.45, 7) is 0.722. The first-order valence-corrected chi connectivity index (χ1v) is 5.26. The SMILES string of the molecule is Nc1cccnc1C(=O)NCCC1CC1. The van der Waals surface area contributed by atoms with Crippen LogP contribution in [0, 0.1) is 5.92 Å². The van der Waals surface area contributed by atoms with E-state index in [-0.39, 0.29) is 5.91 Å². The summed E-state index contributed by atoms with van der Waals surface area (Å²) in [5, 5.41) is 2.83. The number of aromatic nitrogens is 1. The molecule has 1 amide bonds. The van der Waals surface area contributed by atoms with Crippen molar-refractivity contribution in [2.75, 3.05) is 12.3 Å². The van der Waals surface area contributed by atoms with Crippen molar-refractivity contribution in [1.82, 2.24) is 10.3 Å². The molecule has 1 aliphatic carbocycles. The third-order valence-corrected chi connectivity index (χ3v) is 2.59. The van der Waals surface area contributed by atoms with Crippen LogP contribution in [0.25, 0.3) is 0 Å². The Labute approximate surface area is 88.9 Å². The number of pyridine rings is 1. The van der Waals surface area contributed by atoms with E-state index < -0.39 is 0 Å². The van der Waals surface area contributed by atoms with E-state index in [9.17, 15) is 4.79 Å². The molecule has 0 aromatic carbocycles. The Kier molecular flexibility index (Phi) is 2.85. The summed E-state index contributed by atoms with van der Waals surface area (Å²) in [5.41, 5.74) is 6.40. The van der Waals surface area contributed by atoms with Crippen LogP contribution in [0.4, 0.5) is 5.69 Å². The summed E-state index contributed by atoms with van der Waals surface area (Å²) >= 11 is 0. The summed E-state index contributed by atoms with van der Waals surface area (Å²) in [6, 6.07) is 3.40. The topological polar surface area (TPSA) is 68.0 Å². The molecule has 0 bridgehead atoms. The molecule has 1 heterocycles. The fraction of sp³-hybridized carbons (Fsp3) is 0.455. The van der Waals surface area contributed by atoms with Gasteiger partial charge in [0.1, 0.15) is 0 Å². The average molecular weight is 205 g/mol. The van der Waals surface area contributed by atoms with Gasteiger partial charge in [0.25, 0.3) is 5.91 Å². The third kappa shape index (κ3) is 2.68. The minimum Gasteiger partial charge on any atom is -0.397 e. The van der Waals surface area contributed by atoms with E-state index in [0.717, 1.165) is 18.9 Å². The van der Waals surface area contributed by atoms with Crippen LogP contribution in [0.2, 0.25) is 0 Å². The van der Waals surface area contributed by atoms with E-state index in [4.69, 9.17) is 5.73 Å². The number of carbonyl (C=O) groups is 1. The molecule has 1 aromatic heterocycles. The quantitative estimate of drug-likeness (QED) is 0.776. The summed E-state index contributed by atoms with van der Waals surface area (Å²) in [6.07, 6.45) is 5.26. The second kappa shape index (κ2) is 4.29. The average Bonchev–Trinajstić information content (AvgIpc) is 3.02. The number of nitrogens with one attached hydrogen (secondary N) is 1. The van der Waals surface area contributed by atoms with Crippen LogP contribution in [0.15, 0.2) is 18.3 Å². The fourth-order valence-corrected chi connectivity index (χ4v) is 1.49. The van der Waals surface area contributed by atoms with Crippen molar-refractivity contribution in [2.45, 2.75) is 19.3 Å². The molecule has 0 spiro atoms. The Hall–Kier alpha value is -1.58. The number of amides is 1. The molecular formula is C11H15N3O. The van der Waals surface area contributed by atoms with Crippen LogP contribution in [-0.2, 0) is 0 Å². The molecule has 3 N–H and O–H groups in total. The number of hydrogen-bond acceptors (Lipinski definition) is 3. The maximum Gasteiger partial charge on any atom is 0.272 e. The molecule has 4 heteroatoms. The van der Waals surface area contributed by atoms with Gasteiger partial charge in [0, 0.05) is 12.7 Å². The summed E-state index contributed by atoms with van der Waals surface area (Å²) in [7, 11) is 0. The molecule has 1 aliphatic rings. The normalized spacial score (nSPS) is 14.9. The molecule has 1 fully saturated rings. The molecule has 0 aliphatic heterocycles. The fourth-order valence-electron chi connectivity index (χ4n) is 1.49. The highest BCUT2D eigenvalue weighted by Gasteiger charge is 2.21. The van der Waals surface area contributed by atoms with Crippen molar-refractivity contribution < 1.29 is 4.79 Å².